The second-order valence-electron chi connectivity index (χ2n) is 5.75. The van der Waals surface area contributed by atoms with E-state index in [1.165, 1.54) is 0 Å². The van der Waals surface area contributed by atoms with E-state index in [4.69, 9.17) is 4.74 Å². The molecule has 0 saturated carbocycles. The Hall–Kier alpha value is -1.52. The van der Waals surface area contributed by atoms with Gasteiger partial charge in [-0.3, -0.25) is 4.79 Å². The Labute approximate surface area is 121 Å². The highest BCUT2D eigenvalue weighted by Crippen LogP contribution is 2.26. The molecule has 1 saturated heterocycles. The summed E-state index contributed by atoms with van der Waals surface area (Å²) < 4.78 is 4.97. The van der Waals surface area contributed by atoms with Crippen molar-refractivity contribution in [2.45, 2.75) is 39.7 Å². The Morgan fingerprint density at radius 3 is 2.80 bits per heavy atom. The summed E-state index contributed by atoms with van der Waals surface area (Å²) in [6.45, 7) is 10.8. The Balaban J connectivity index is 2.33. The number of allylic oxidation sites excluding steroid dienone is 1. The molecule has 1 aliphatic heterocycles. The van der Waals surface area contributed by atoms with Crippen LogP contribution in [0.15, 0.2) is 12.7 Å². The van der Waals surface area contributed by atoms with Gasteiger partial charge in [0.15, 0.2) is 0 Å². The topological polar surface area (TPSA) is 58.6 Å². The summed E-state index contributed by atoms with van der Waals surface area (Å²) in [5.74, 6) is 0.713. The summed E-state index contributed by atoms with van der Waals surface area (Å²) in [5, 5.41) is 2.51. The van der Waals surface area contributed by atoms with Crippen LogP contribution in [0, 0.1) is 11.8 Å². The normalized spacial score (nSPS) is 21.9. The molecule has 20 heavy (non-hydrogen) atoms. The molecule has 0 aromatic carbocycles. The number of alkyl carbamates (subject to hydrolysis) is 1. The largest absolute Gasteiger partial charge is 0.449 e. The van der Waals surface area contributed by atoms with E-state index in [0.29, 0.717) is 12.5 Å². The number of carbonyl (C=O) groups excluding carboxylic acids is 2. The average Bonchev–Trinajstić information content (AvgIpc) is 2.76. The van der Waals surface area contributed by atoms with Crippen molar-refractivity contribution in [3.05, 3.63) is 12.7 Å². The molecule has 0 aromatic rings. The molecule has 1 N–H and O–H groups in total. The lowest BCUT2D eigenvalue weighted by atomic mass is 9.98. The molecule has 5 heteroatoms. The first-order chi connectivity index (χ1) is 9.45. The average molecular weight is 282 g/mol. The van der Waals surface area contributed by atoms with Crippen LogP contribution in [0.1, 0.15) is 33.6 Å². The van der Waals surface area contributed by atoms with Crippen molar-refractivity contribution in [2.75, 3.05) is 19.7 Å². The minimum absolute atomic E-state index is 0.00206. The van der Waals surface area contributed by atoms with Gasteiger partial charge in [0.2, 0.25) is 5.91 Å². The zero-order chi connectivity index (χ0) is 15.1. The number of nitrogens with one attached hydrogen (secondary N) is 1. The molecule has 0 bridgehead atoms. The molecular weight excluding hydrogens is 256 g/mol. The first-order valence-corrected chi connectivity index (χ1v) is 7.26. The molecule has 1 heterocycles. The lowest BCUT2D eigenvalue weighted by Gasteiger charge is -2.24. The second-order valence-corrected chi connectivity index (χ2v) is 5.75. The molecule has 0 unspecified atom stereocenters. The maximum Gasteiger partial charge on any atom is 0.407 e. The highest BCUT2D eigenvalue weighted by Gasteiger charge is 2.32. The van der Waals surface area contributed by atoms with Gasteiger partial charge in [-0.15, -0.1) is 6.58 Å². The Kier molecular flexibility index (Phi) is 6.55. The molecule has 0 aliphatic carbocycles. The Bertz CT molecular complexity index is 355. The van der Waals surface area contributed by atoms with Crippen LogP contribution in [0.2, 0.25) is 0 Å². The van der Waals surface area contributed by atoms with Gasteiger partial charge in [-0.25, -0.2) is 4.79 Å². The van der Waals surface area contributed by atoms with Crippen molar-refractivity contribution in [1.29, 1.82) is 0 Å². The molecule has 114 valence electrons. The molecule has 1 fully saturated rings. The first-order valence-electron chi connectivity index (χ1n) is 7.26. The van der Waals surface area contributed by atoms with Crippen LogP contribution in [0.3, 0.4) is 0 Å². The van der Waals surface area contributed by atoms with E-state index in [1.54, 1.807) is 0 Å². The molecule has 0 aromatic heterocycles. The van der Waals surface area contributed by atoms with Crippen LogP contribution >= 0.6 is 0 Å². The summed E-state index contributed by atoms with van der Waals surface area (Å²) >= 11 is 0. The zero-order valence-corrected chi connectivity index (χ0v) is 12.7. The van der Waals surface area contributed by atoms with E-state index < -0.39 is 6.09 Å². The molecule has 2 amide bonds. The third kappa shape index (κ3) is 4.87. The fourth-order valence-electron chi connectivity index (χ4n) is 2.43. The monoisotopic (exact) mass is 282 g/mol. The molecule has 2 atom stereocenters. The van der Waals surface area contributed by atoms with Gasteiger partial charge in [0.05, 0.1) is 6.61 Å². The quantitative estimate of drug-likeness (QED) is 0.760. The van der Waals surface area contributed by atoms with Crippen molar-refractivity contribution < 1.29 is 14.3 Å². The minimum atomic E-state index is -0.526. The standard InChI is InChI=1S/C15H26N2O3/c1-5-6-13-7-8-17(12(13)4)14(18)9-16-15(19)20-10-11(2)3/h5,11-13H,1,6-10H2,2-4H3,(H,16,19)/t12-,13+/m1/s1. The van der Waals surface area contributed by atoms with Crippen molar-refractivity contribution in [1.82, 2.24) is 10.2 Å². The second kappa shape index (κ2) is 7.92. The van der Waals surface area contributed by atoms with Gasteiger partial charge in [0.1, 0.15) is 6.54 Å². The zero-order valence-electron chi connectivity index (χ0n) is 12.7. The summed E-state index contributed by atoms with van der Waals surface area (Å²) in [4.78, 5) is 25.3. The van der Waals surface area contributed by atoms with Crippen LogP contribution in [0.5, 0.6) is 0 Å². The van der Waals surface area contributed by atoms with E-state index in [2.05, 4.69) is 18.8 Å². The number of hydrogen-bond acceptors (Lipinski definition) is 3. The number of hydrogen-bond donors (Lipinski definition) is 1. The van der Waals surface area contributed by atoms with Gasteiger partial charge in [-0.2, -0.15) is 0 Å². The lowest BCUT2D eigenvalue weighted by Crippen LogP contribution is -2.43. The fourth-order valence-corrected chi connectivity index (χ4v) is 2.43. The van der Waals surface area contributed by atoms with Gasteiger partial charge >= 0.3 is 6.09 Å². The van der Waals surface area contributed by atoms with E-state index in [-0.39, 0.29) is 24.4 Å². The van der Waals surface area contributed by atoms with Crippen LogP contribution in [0.25, 0.3) is 0 Å². The van der Waals surface area contributed by atoms with Gasteiger partial charge in [0, 0.05) is 12.6 Å². The van der Waals surface area contributed by atoms with Crippen LogP contribution < -0.4 is 5.32 Å². The number of amides is 2. The molecule has 0 radical (unpaired) electrons. The SMILES string of the molecule is C=CC[C@H]1CCN(C(=O)CNC(=O)OCC(C)C)[C@@H]1C. The number of nitrogens with zero attached hydrogens (tertiary/aromatic N) is 1. The summed E-state index contributed by atoms with van der Waals surface area (Å²) in [6, 6.07) is 0.203. The highest BCUT2D eigenvalue weighted by atomic mass is 16.5. The van der Waals surface area contributed by atoms with Crippen LogP contribution in [-0.4, -0.2) is 42.6 Å². The molecule has 1 rings (SSSR count). The van der Waals surface area contributed by atoms with Crippen molar-refractivity contribution in [3.8, 4) is 0 Å². The van der Waals surface area contributed by atoms with Gasteiger partial charge < -0.3 is 15.0 Å². The number of rotatable bonds is 6. The summed E-state index contributed by atoms with van der Waals surface area (Å²) in [5.41, 5.74) is 0. The Morgan fingerprint density at radius 2 is 2.20 bits per heavy atom. The lowest BCUT2D eigenvalue weighted by molar-refractivity contribution is -0.131. The predicted octanol–water partition coefficient (Wildman–Crippen LogP) is 2.18. The minimum Gasteiger partial charge on any atom is -0.449 e. The van der Waals surface area contributed by atoms with Crippen LogP contribution in [0.4, 0.5) is 4.79 Å². The maximum absolute atomic E-state index is 12.1. The van der Waals surface area contributed by atoms with Gasteiger partial charge in [0.25, 0.3) is 0 Å². The molecule has 0 spiro atoms. The summed E-state index contributed by atoms with van der Waals surface area (Å²) in [6.07, 6.45) is 3.30. The van der Waals surface area contributed by atoms with E-state index in [0.717, 1.165) is 19.4 Å². The molecule has 5 nitrogen and oxygen atoms in total. The number of carbonyl (C=O) groups is 2. The van der Waals surface area contributed by atoms with E-state index in [9.17, 15) is 9.59 Å². The Morgan fingerprint density at radius 1 is 1.50 bits per heavy atom. The highest BCUT2D eigenvalue weighted by molar-refractivity contribution is 5.82. The van der Waals surface area contributed by atoms with Gasteiger partial charge in [-0.05, 0) is 31.6 Å². The van der Waals surface area contributed by atoms with E-state index >= 15 is 0 Å². The first kappa shape index (κ1) is 16.5. The predicted molar refractivity (Wildman–Crippen MR) is 78.3 cm³/mol. The maximum atomic E-state index is 12.1. The number of ether oxygens (including phenoxy) is 1. The molecule has 1 aliphatic rings. The smallest absolute Gasteiger partial charge is 0.407 e. The van der Waals surface area contributed by atoms with Gasteiger partial charge in [-0.1, -0.05) is 19.9 Å². The van der Waals surface area contributed by atoms with Crippen molar-refractivity contribution in [2.24, 2.45) is 11.8 Å². The summed E-state index contributed by atoms with van der Waals surface area (Å²) in [7, 11) is 0. The van der Waals surface area contributed by atoms with E-state index in [1.807, 2.05) is 24.8 Å². The van der Waals surface area contributed by atoms with Crippen molar-refractivity contribution in [3.63, 3.8) is 0 Å². The molecular formula is C15H26N2O3. The van der Waals surface area contributed by atoms with Crippen LogP contribution in [-0.2, 0) is 9.53 Å². The van der Waals surface area contributed by atoms with Crippen molar-refractivity contribution >= 4 is 12.0 Å². The third-order valence-electron chi connectivity index (χ3n) is 3.64. The number of likely N-dealkylation sites (tertiary alicyclic amines) is 1. The third-order valence-corrected chi connectivity index (χ3v) is 3.64. The fraction of sp³-hybridized carbons (Fsp3) is 0.733.